The van der Waals surface area contributed by atoms with Crippen LogP contribution in [0.5, 0.6) is 0 Å². The quantitative estimate of drug-likeness (QED) is 0.565. The van der Waals surface area contributed by atoms with Crippen LogP contribution in [0, 0.1) is 11.8 Å². The lowest BCUT2D eigenvalue weighted by Crippen LogP contribution is -2.08. The minimum atomic E-state index is -0.526. The summed E-state index contributed by atoms with van der Waals surface area (Å²) >= 11 is 6.02. The van der Waals surface area contributed by atoms with Gasteiger partial charge < -0.3 is 10.5 Å². The third-order valence-corrected chi connectivity index (χ3v) is 3.93. The number of methoxy groups -OCH3 is 1. The van der Waals surface area contributed by atoms with E-state index < -0.39 is 5.97 Å². The van der Waals surface area contributed by atoms with Crippen molar-refractivity contribution < 1.29 is 9.53 Å². The van der Waals surface area contributed by atoms with E-state index in [1.54, 1.807) is 16.8 Å². The highest BCUT2D eigenvalue weighted by Crippen LogP contribution is 2.22. The molecule has 2 heterocycles. The van der Waals surface area contributed by atoms with E-state index >= 15 is 0 Å². The molecule has 0 bridgehead atoms. The van der Waals surface area contributed by atoms with E-state index in [2.05, 4.69) is 21.9 Å². The maximum Gasteiger partial charge on any atom is 0.340 e. The number of nitrogens with zero attached hydrogens (tertiary/aromatic N) is 3. The van der Waals surface area contributed by atoms with Crippen LogP contribution in [0.3, 0.4) is 0 Å². The monoisotopic (exact) mass is 354 g/mol. The normalized spacial score (nSPS) is 10.4. The molecule has 0 saturated heterocycles. The van der Waals surface area contributed by atoms with Crippen molar-refractivity contribution in [3.05, 3.63) is 52.4 Å². The third kappa shape index (κ3) is 3.14. The Morgan fingerprint density at radius 3 is 2.88 bits per heavy atom. The third-order valence-electron chi connectivity index (χ3n) is 3.70. The number of aromatic nitrogens is 3. The molecule has 6 nitrogen and oxygen atoms in total. The first kappa shape index (κ1) is 16.8. The Morgan fingerprint density at radius 2 is 2.16 bits per heavy atom. The molecule has 0 aliphatic heterocycles. The fraction of sp³-hybridized carbons (Fsp3) is 0.167. The molecule has 0 spiro atoms. The fourth-order valence-corrected chi connectivity index (χ4v) is 2.61. The number of anilines is 1. The Balaban J connectivity index is 2.11. The van der Waals surface area contributed by atoms with E-state index in [1.165, 1.54) is 19.4 Å². The molecule has 25 heavy (non-hydrogen) atoms. The van der Waals surface area contributed by atoms with E-state index in [0.717, 1.165) is 16.6 Å². The van der Waals surface area contributed by atoms with Gasteiger partial charge in [-0.05, 0) is 43.0 Å². The minimum absolute atomic E-state index is 0.191. The van der Waals surface area contributed by atoms with E-state index in [1.807, 2.05) is 13.0 Å². The molecule has 0 amide bonds. The number of nitrogen functional groups attached to an aromatic ring is 1. The molecular formula is C18H15ClN4O2. The molecule has 0 aliphatic carbocycles. The molecule has 2 aromatic heterocycles. The topological polar surface area (TPSA) is 83.0 Å². The zero-order chi connectivity index (χ0) is 18.0. The molecule has 3 aromatic rings. The lowest BCUT2D eigenvalue weighted by atomic mass is 10.1. The lowest BCUT2D eigenvalue weighted by molar-refractivity contribution is 0.0602. The molecule has 1 aromatic carbocycles. The number of esters is 1. The Kier molecular flexibility index (Phi) is 4.59. The highest BCUT2D eigenvalue weighted by atomic mass is 35.5. The van der Waals surface area contributed by atoms with Gasteiger partial charge in [-0.3, -0.25) is 4.68 Å². The second-order valence-electron chi connectivity index (χ2n) is 5.19. The summed E-state index contributed by atoms with van der Waals surface area (Å²) in [5, 5.41) is 6.00. The number of benzene rings is 1. The summed E-state index contributed by atoms with van der Waals surface area (Å²) in [4.78, 5) is 15.9. The predicted octanol–water partition coefficient (Wildman–Crippen LogP) is 2.87. The van der Waals surface area contributed by atoms with Crippen LogP contribution in [0.4, 0.5) is 5.69 Å². The number of ether oxygens (including phenoxy) is 1. The van der Waals surface area contributed by atoms with Crippen LogP contribution < -0.4 is 5.73 Å². The van der Waals surface area contributed by atoms with Gasteiger partial charge in [-0.1, -0.05) is 11.6 Å². The van der Waals surface area contributed by atoms with Crippen molar-refractivity contribution in [1.82, 2.24) is 14.8 Å². The number of pyridine rings is 1. The number of halogens is 1. The number of rotatable bonds is 2. The Labute approximate surface area is 149 Å². The van der Waals surface area contributed by atoms with Gasteiger partial charge in [0.1, 0.15) is 11.4 Å². The van der Waals surface area contributed by atoms with Gasteiger partial charge in [0.05, 0.1) is 23.9 Å². The van der Waals surface area contributed by atoms with Gasteiger partial charge in [0.2, 0.25) is 0 Å². The Bertz CT molecular complexity index is 1030. The summed E-state index contributed by atoms with van der Waals surface area (Å²) in [6.07, 6.45) is 1.47. The van der Waals surface area contributed by atoms with Gasteiger partial charge in [0, 0.05) is 23.2 Å². The van der Waals surface area contributed by atoms with Crippen molar-refractivity contribution in [2.45, 2.75) is 13.5 Å². The number of fused-ring (bicyclic) bond motifs is 1. The second kappa shape index (κ2) is 6.83. The van der Waals surface area contributed by atoms with Gasteiger partial charge in [-0.25, -0.2) is 9.78 Å². The van der Waals surface area contributed by atoms with Crippen molar-refractivity contribution in [2.24, 2.45) is 0 Å². The molecule has 3 rings (SSSR count). The first-order valence-electron chi connectivity index (χ1n) is 7.56. The number of carbonyl (C=O) groups excluding carboxylic acids is 1. The van der Waals surface area contributed by atoms with E-state index in [-0.39, 0.29) is 11.3 Å². The Hall–Kier alpha value is -3.04. The summed E-state index contributed by atoms with van der Waals surface area (Å²) in [6.45, 7) is 2.63. The number of carbonyl (C=O) groups is 1. The van der Waals surface area contributed by atoms with Gasteiger partial charge in [-0.15, -0.1) is 0 Å². The van der Waals surface area contributed by atoms with Gasteiger partial charge in [0.15, 0.2) is 0 Å². The number of nitrogens with two attached hydrogens (primary N) is 1. The van der Waals surface area contributed by atoms with E-state index in [0.29, 0.717) is 17.3 Å². The average Bonchev–Trinajstić information content (AvgIpc) is 2.96. The molecular weight excluding hydrogens is 340 g/mol. The van der Waals surface area contributed by atoms with Crippen LogP contribution in [0.2, 0.25) is 5.02 Å². The highest BCUT2D eigenvalue weighted by molar-refractivity contribution is 6.31. The van der Waals surface area contributed by atoms with Crippen LogP contribution in [-0.4, -0.2) is 27.8 Å². The predicted molar refractivity (Wildman–Crippen MR) is 96.4 cm³/mol. The average molecular weight is 355 g/mol. The molecule has 0 saturated carbocycles. The van der Waals surface area contributed by atoms with E-state index in [4.69, 9.17) is 22.1 Å². The molecule has 0 aliphatic rings. The molecule has 0 fully saturated rings. The van der Waals surface area contributed by atoms with Crippen molar-refractivity contribution in [3.63, 3.8) is 0 Å². The van der Waals surface area contributed by atoms with Gasteiger partial charge in [-0.2, -0.15) is 5.10 Å². The van der Waals surface area contributed by atoms with Crippen molar-refractivity contribution in [3.8, 4) is 11.8 Å². The second-order valence-corrected chi connectivity index (χ2v) is 5.62. The fourth-order valence-electron chi connectivity index (χ4n) is 2.45. The largest absolute Gasteiger partial charge is 0.465 e. The molecule has 7 heteroatoms. The molecule has 0 radical (unpaired) electrons. The first-order chi connectivity index (χ1) is 12.0. The summed E-state index contributed by atoms with van der Waals surface area (Å²) < 4.78 is 6.49. The van der Waals surface area contributed by atoms with Gasteiger partial charge in [0.25, 0.3) is 0 Å². The SMILES string of the molecule is CCn1nc2cc(Cl)ccc2c1C#Cc1nccc(C(=O)OC)c1N. The summed E-state index contributed by atoms with van der Waals surface area (Å²) in [5.74, 6) is 5.46. The number of aryl methyl sites for hydroxylation is 1. The number of hydrogen-bond acceptors (Lipinski definition) is 5. The summed E-state index contributed by atoms with van der Waals surface area (Å²) in [5.41, 5.74) is 8.24. The summed E-state index contributed by atoms with van der Waals surface area (Å²) in [7, 11) is 1.30. The van der Waals surface area contributed by atoms with E-state index in [9.17, 15) is 4.79 Å². The van der Waals surface area contributed by atoms with Crippen LogP contribution in [0.1, 0.15) is 28.7 Å². The molecule has 0 unspecified atom stereocenters. The maximum absolute atomic E-state index is 11.7. The van der Waals surface area contributed by atoms with Crippen LogP contribution in [0.15, 0.2) is 30.5 Å². The molecule has 0 atom stereocenters. The van der Waals surface area contributed by atoms with Crippen LogP contribution >= 0.6 is 11.6 Å². The first-order valence-corrected chi connectivity index (χ1v) is 7.93. The summed E-state index contributed by atoms with van der Waals surface area (Å²) in [6, 6.07) is 6.96. The number of hydrogen-bond donors (Lipinski definition) is 1. The standard InChI is InChI=1S/C18H15ClN4O2/c1-3-23-16(12-5-4-11(19)10-15(12)22-23)7-6-14-17(20)13(8-9-21-14)18(24)25-2/h4-5,8-10H,3,20H2,1-2H3. The minimum Gasteiger partial charge on any atom is -0.465 e. The lowest BCUT2D eigenvalue weighted by Gasteiger charge is -2.04. The Morgan fingerprint density at radius 1 is 1.36 bits per heavy atom. The van der Waals surface area contributed by atoms with Crippen molar-refractivity contribution in [1.29, 1.82) is 0 Å². The van der Waals surface area contributed by atoms with Crippen LogP contribution in [-0.2, 0) is 11.3 Å². The van der Waals surface area contributed by atoms with Gasteiger partial charge >= 0.3 is 5.97 Å². The zero-order valence-electron chi connectivity index (χ0n) is 13.7. The van der Waals surface area contributed by atoms with Crippen molar-refractivity contribution in [2.75, 3.05) is 12.8 Å². The van der Waals surface area contributed by atoms with Crippen LogP contribution in [0.25, 0.3) is 10.9 Å². The molecule has 2 N–H and O–H groups in total. The van der Waals surface area contributed by atoms with Crippen molar-refractivity contribution >= 4 is 34.2 Å². The highest BCUT2D eigenvalue weighted by Gasteiger charge is 2.13. The smallest absolute Gasteiger partial charge is 0.340 e. The molecule has 126 valence electrons. The maximum atomic E-state index is 11.7. The zero-order valence-corrected chi connectivity index (χ0v) is 14.5.